The van der Waals surface area contributed by atoms with Crippen molar-refractivity contribution in [2.75, 3.05) is 4.90 Å². The molecule has 2 aromatic carbocycles. The lowest BCUT2D eigenvalue weighted by atomic mass is 9.98. The van der Waals surface area contributed by atoms with E-state index in [1.165, 1.54) is 4.90 Å². The minimum Gasteiger partial charge on any atom is -0.450 e. The number of aromatic nitrogens is 1. The quantitative estimate of drug-likeness (QED) is 0.434. The fourth-order valence-electron chi connectivity index (χ4n) is 3.72. The number of para-hydroxylation sites is 1. The topological polar surface area (TPSA) is 63.4 Å². The van der Waals surface area contributed by atoms with Gasteiger partial charge in [-0.05, 0) is 48.4 Å². The van der Waals surface area contributed by atoms with Crippen LogP contribution in [0.5, 0.6) is 0 Å². The van der Waals surface area contributed by atoms with E-state index in [0.717, 1.165) is 15.6 Å². The zero-order chi connectivity index (χ0) is 20.1. The molecule has 0 radical (unpaired) electrons. The summed E-state index contributed by atoms with van der Waals surface area (Å²) in [4.78, 5) is 32.7. The van der Waals surface area contributed by atoms with Crippen molar-refractivity contribution in [3.05, 3.63) is 104 Å². The largest absolute Gasteiger partial charge is 0.450 e. The van der Waals surface area contributed by atoms with Gasteiger partial charge in [0.05, 0.1) is 17.0 Å². The van der Waals surface area contributed by atoms with Crippen molar-refractivity contribution in [2.24, 2.45) is 0 Å². The Balaban J connectivity index is 1.81. The number of benzene rings is 2. The number of carbonyl (C=O) groups excluding carboxylic acids is 1. The van der Waals surface area contributed by atoms with E-state index >= 15 is 0 Å². The Morgan fingerprint density at radius 2 is 1.76 bits per heavy atom. The predicted octanol–water partition coefficient (Wildman–Crippen LogP) is 5.01. The van der Waals surface area contributed by atoms with E-state index in [1.807, 2.05) is 37.3 Å². The van der Waals surface area contributed by atoms with Crippen LogP contribution in [0, 0.1) is 6.92 Å². The molecule has 29 heavy (non-hydrogen) atoms. The first kappa shape index (κ1) is 17.8. The van der Waals surface area contributed by atoms with E-state index in [4.69, 9.17) is 4.42 Å². The maximum Gasteiger partial charge on any atom is 0.296 e. The number of hydrogen-bond acceptors (Lipinski definition) is 4. The third-order valence-corrected chi connectivity index (χ3v) is 5.63. The van der Waals surface area contributed by atoms with Gasteiger partial charge in [-0.2, -0.15) is 0 Å². The molecular formula is C23H15BrN2O3. The second-order valence-corrected chi connectivity index (χ2v) is 7.91. The predicted molar refractivity (Wildman–Crippen MR) is 114 cm³/mol. The van der Waals surface area contributed by atoms with E-state index in [1.54, 1.807) is 36.5 Å². The maximum absolute atomic E-state index is 13.4. The number of hydrogen-bond donors (Lipinski definition) is 0. The van der Waals surface area contributed by atoms with Gasteiger partial charge in [0.1, 0.15) is 11.4 Å². The molecule has 4 aromatic rings. The van der Waals surface area contributed by atoms with Crippen LogP contribution in [0.4, 0.5) is 5.82 Å². The van der Waals surface area contributed by atoms with Crippen LogP contribution in [0.3, 0.4) is 0 Å². The maximum atomic E-state index is 13.4. The molecule has 2 aromatic heterocycles. The number of nitrogens with zero attached hydrogens (tertiary/aromatic N) is 2. The van der Waals surface area contributed by atoms with Gasteiger partial charge < -0.3 is 4.42 Å². The lowest BCUT2D eigenvalue weighted by Crippen LogP contribution is -2.30. The number of carbonyl (C=O) groups is 1. The highest BCUT2D eigenvalue weighted by atomic mass is 79.9. The third-order valence-electron chi connectivity index (χ3n) is 5.11. The summed E-state index contributed by atoms with van der Waals surface area (Å²) in [6, 6.07) is 17.6. The van der Waals surface area contributed by atoms with Crippen molar-refractivity contribution < 1.29 is 9.21 Å². The second kappa shape index (κ2) is 6.67. The number of aryl methyl sites for hydroxylation is 1. The average Bonchev–Trinajstić information content (AvgIpc) is 3.02. The smallest absolute Gasteiger partial charge is 0.296 e. The summed E-state index contributed by atoms with van der Waals surface area (Å²) in [6.07, 6.45) is 1.70. The molecule has 0 spiro atoms. The number of anilines is 1. The van der Waals surface area contributed by atoms with Crippen molar-refractivity contribution in [1.29, 1.82) is 0 Å². The molecular weight excluding hydrogens is 432 g/mol. The number of amides is 1. The first-order valence-electron chi connectivity index (χ1n) is 9.12. The van der Waals surface area contributed by atoms with Crippen molar-refractivity contribution in [3.63, 3.8) is 0 Å². The zero-order valence-corrected chi connectivity index (χ0v) is 17.0. The van der Waals surface area contributed by atoms with Gasteiger partial charge in [0.2, 0.25) is 5.76 Å². The molecule has 0 fully saturated rings. The lowest BCUT2D eigenvalue weighted by molar-refractivity contribution is 0.0970. The minimum absolute atomic E-state index is 0.0731. The summed E-state index contributed by atoms with van der Waals surface area (Å²) in [6.45, 7) is 1.93. The molecule has 1 unspecified atom stereocenters. The number of rotatable bonds is 2. The van der Waals surface area contributed by atoms with Gasteiger partial charge in [-0.3, -0.25) is 14.5 Å². The highest BCUT2D eigenvalue weighted by Gasteiger charge is 2.44. The second-order valence-electron chi connectivity index (χ2n) is 6.99. The van der Waals surface area contributed by atoms with E-state index in [0.29, 0.717) is 22.4 Å². The van der Waals surface area contributed by atoms with Crippen LogP contribution >= 0.6 is 15.9 Å². The lowest BCUT2D eigenvalue weighted by Gasteiger charge is -2.24. The highest BCUT2D eigenvalue weighted by molar-refractivity contribution is 9.10. The Morgan fingerprint density at radius 3 is 2.48 bits per heavy atom. The molecule has 1 aliphatic heterocycles. The van der Waals surface area contributed by atoms with Gasteiger partial charge in [0.15, 0.2) is 5.43 Å². The molecule has 1 atom stereocenters. The molecule has 0 bridgehead atoms. The normalized spacial score (nSPS) is 15.7. The number of halogens is 1. The van der Waals surface area contributed by atoms with Gasteiger partial charge >= 0.3 is 0 Å². The monoisotopic (exact) mass is 446 g/mol. The van der Waals surface area contributed by atoms with E-state index in [-0.39, 0.29) is 17.1 Å². The molecule has 142 valence electrons. The minimum atomic E-state index is -0.610. The van der Waals surface area contributed by atoms with Crippen LogP contribution in [-0.4, -0.2) is 10.9 Å². The van der Waals surface area contributed by atoms with Crippen LogP contribution in [0.25, 0.3) is 11.0 Å². The van der Waals surface area contributed by atoms with Crippen molar-refractivity contribution in [2.45, 2.75) is 13.0 Å². The fraction of sp³-hybridized carbons (Fsp3) is 0.0870. The molecule has 6 heteroatoms. The third kappa shape index (κ3) is 2.79. The van der Waals surface area contributed by atoms with Crippen LogP contribution in [0.15, 0.2) is 80.5 Å². The number of fused-ring (bicyclic) bond motifs is 2. The van der Waals surface area contributed by atoms with Crippen LogP contribution < -0.4 is 10.3 Å². The van der Waals surface area contributed by atoms with Crippen LogP contribution in [0.2, 0.25) is 0 Å². The van der Waals surface area contributed by atoms with Crippen LogP contribution in [0.1, 0.15) is 33.3 Å². The molecule has 3 heterocycles. The first-order chi connectivity index (χ1) is 14.0. The molecule has 0 saturated heterocycles. The zero-order valence-electron chi connectivity index (χ0n) is 15.4. The molecule has 1 aliphatic rings. The summed E-state index contributed by atoms with van der Waals surface area (Å²) in [5.41, 5.74) is 2.34. The summed E-state index contributed by atoms with van der Waals surface area (Å²) in [7, 11) is 0. The van der Waals surface area contributed by atoms with Gasteiger partial charge in [0.25, 0.3) is 5.91 Å². The molecule has 0 saturated carbocycles. The van der Waals surface area contributed by atoms with Crippen LogP contribution in [-0.2, 0) is 0 Å². The molecule has 0 aliphatic carbocycles. The highest BCUT2D eigenvalue weighted by Crippen LogP contribution is 2.40. The standard InChI is InChI=1S/C23H15BrN2O3/c1-13-6-11-18(25-12-13)26-20(14-7-9-15(24)10-8-14)19-21(27)16-4-2-3-5-17(16)29-22(19)23(26)28/h2-12,20H,1H3. The molecule has 1 amide bonds. The van der Waals surface area contributed by atoms with E-state index in [9.17, 15) is 9.59 Å². The van der Waals surface area contributed by atoms with E-state index < -0.39 is 6.04 Å². The number of pyridine rings is 1. The van der Waals surface area contributed by atoms with Gasteiger partial charge in [0, 0.05) is 10.7 Å². The molecule has 5 rings (SSSR count). The Kier molecular flexibility index (Phi) is 4.10. The Morgan fingerprint density at radius 1 is 1.00 bits per heavy atom. The van der Waals surface area contributed by atoms with Gasteiger partial charge in [-0.15, -0.1) is 0 Å². The summed E-state index contributed by atoms with van der Waals surface area (Å²) in [5.74, 6) is 0.180. The van der Waals surface area contributed by atoms with Gasteiger partial charge in [-0.1, -0.05) is 46.3 Å². The van der Waals surface area contributed by atoms with E-state index in [2.05, 4.69) is 20.9 Å². The summed E-state index contributed by atoms with van der Waals surface area (Å²) < 4.78 is 6.83. The van der Waals surface area contributed by atoms with Crippen molar-refractivity contribution in [1.82, 2.24) is 4.98 Å². The Bertz CT molecular complexity index is 1310. The Hall–Kier alpha value is -3.25. The summed E-state index contributed by atoms with van der Waals surface area (Å²) in [5, 5.41) is 0.458. The van der Waals surface area contributed by atoms with Crippen molar-refractivity contribution in [3.8, 4) is 0 Å². The SMILES string of the molecule is Cc1ccc(N2C(=O)c3oc4ccccc4c(=O)c3C2c2ccc(Br)cc2)nc1. The molecule has 5 nitrogen and oxygen atoms in total. The fourth-order valence-corrected chi connectivity index (χ4v) is 3.98. The first-order valence-corrected chi connectivity index (χ1v) is 9.91. The summed E-state index contributed by atoms with van der Waals surface area (Å²) >= 11 is 3.44. The average molecular weight is 447 g/mol. The molecule has 0 N–H and O–H groups in total. The van der Waals surface area contributed by atoms with Gasteiger partial charge in [-0.25, -0.2) is 4.98 Å². The van der Waals surface area contributed by atoms with Crippen molar-refractivity contribution >= 4 is 38.6 Å². The Labute approximate surface area is 174 Å².